The van der Waals surface area contributed by atoms with Gasteiger partial charge in [-0.2, -0.15) is 0 Å². The maximum absolute atomic E-state index is 6.09. The summed E-state index contributed by atoms with van der Waals surface area (Å²) in [6.45, 7) is 4.48. The second kappa shape index (κ2) is 7.14. The summed E-state index contributed by atoms with van der Waals surface area (Å²) in [5.41, 5.74) is 2.33. The van der Waals surface area contributed by atoms with Gasteiger partial charge < -0.3 is 5.32 Å². The van der Waals surface area contributed by atoms with E-state index in [1.54, 1.807) is 0 Å². The third-order valence-corrected chi connectivity index (χ3v) is 4.09. The lowest BCUT2D eigenvalue weighted by Gasteiger charge is -2.23. The minimum Gasteiger partial charge on any atom is -0.377 e. The molecule has 0 radical (unpaired) electrons. The van der Waals surface area contributed by atoms with E-state index in [2.05, 4.69) is 59.4 Å². The van der Waals surface area contributed by atoms with Gasteiger partial charge in [0.25, 0.3) is 0 Å². The van der Waals surface area contributed by atoms with Crippen LogP contribution in [0.1, 0.15) is 31.9 Å². The van der Waals surface area contributed by atoms with Gasteiger partial charge in [-0.05, 0) is 52.0 Å². The fourth-order valence-electron chi connectivity index (χ4n) is 2.23. The first-order valence-corrected chi connectivity index (χ1v) is 8.00. The molecule has 2 aromatic rings. The summed E-state index contributed by atoms with van der Waals surface area (Å²) in [7, 11) is 0. The zero-order valence-corrected chi connectivity index (χ0v) is 14.1. The fraction of sp³-hybridized carbons (Fsp3) is 0.294. The highest BCUT2D eigenvalue weighted by Crippen LogP contribution is 2.31. The summed E-state index contributed by atoms with van der Waals surface area (Å²) in [4.78, 5) is 0. The molecule has 1 nitrogen and oxygen atoms in total. The van der Waals surface area contributed by atoms with Gasteiger partial charge in [-0.25, -0.2) is 0 Å². The molecule has 1 atom stereocenters. The van der Waals surface area contributed by atoms with Crippen LogP contribution in [0.25, 0.3) is 0 Å². The monoisotopic (exact) mass is 351 g/mol. The van der Waals surface area contributed by atoms with Crippen molar-refractivity contribution in [1.82, 2.24) is 0 Å². The van der Waals surface area contributed by atoms with E-state index in [4.69, 9.17) is 11.6 Å². The molecule has 0 aliphatic carbocycles. The molecule has 2 rings (SSSR count). The number of rotatable bonds is 5. The highest BCUT2D eigenvalue weighted by molar-refractivity contribution is 9.10. The van der Waals surface area contributed by atoms with E-state index in [0.717, 1.165) is 21.6 Å². The maximum atomic E-state index is 6.09. The average molecular weight is 353 g/mol. The van der Waals surface area contributed by atoms with Crippen LogP contribution in [0.2, 0.25) is 5.02 Å². The number of hydrogen-bond donors (Lipinski definition) is 1. The molecule has 0 amide bonds. The molecule has 0 spiro atoms. The second-order valence-electron chi connectivity index (χ2n) is 5.36. The van der Waals surface area contributed by atoms with Crippen molar-refractivity contribution in [2.24, 2.45) is 5.92 Å². The largest absolute Gasteiger partial charge is 0.377 e. The van der Waals surface area contributed by atoms with E-state index in [1.165, 1.54) is 5.56 Å². The van der Waals surface area contributed by atoms with Crippen LogP contribution in [0.15, 0.2) is 53.0 Å². The van der Waals surface area contributed by atoms with E-state index in [9.17, 15) is 0 Å². The summed E-state index contributed by atoms with van der Waals surface area (Å²) in [5, 5.41) is 4.35. The topological polar surface area (TPSA) is 12.0 Å². The highest BCUT2D eigenvalue weighted by Gasteiger charge is 2.14. The molecular formula is C17H19BrClN. The van der Waals surface area contributed by atoms with Crippen molar-refractivity contribution >= 4 is 33.2 Å². The molecule has 0 saturated heterocycles. The van der Waals surface area contributed by atoms with Gasteiger partial charge in [-0.1, -0.05) is 55.8 Å². The minimum absolute atomic E-state index is 0.283. The van der Waals surface area contributed by atoms with Crippen molar-refractivity contribution in [2.75, 3.05) is 5.32 Å². The smallest absolute Gasteiger partial charge is 0.0516 e. The Labute approximate surface area is 134 Å². The normalized spacial score (nSPS) is 12.4. The summed E-state index contributed by atoms with van der Waals surface area (Å²) in [5.74, 6) is 0.616. The molecule has 0 aliphatic heterocycles. The van der Waals surface area contributed by atoms with Gasteiger partial charge in [0.05, 0.1) is 11.7 Å². The molecular weight excluding hydrogens is 334 g/mol. The van der Waals surface area contributed by atoms with Gasteiger partial charge in [-0.15, -0.1) is 0 Å². The molecule has 20 heavy (non-hydrogen) atoms. The van der Waals surface area contributed by atoms with Crippen molar-refractivity contribution < 1.29 is 0 Å². The van der Waals surface area contributed by atoms with Crippen molar-refractivity contribution in [1.29, 1.82) is 0 Å². The number of nitrogens with one attached hydrogen (secondary N) is 1. The molecule has 0 aliphatic rings. The standard InChI is InChI=1S/C17H19BrClN/c1-12(2)10-16(13-6-4-3-5-7-13)20-17-11-14(19)8-9-15(17)18/h3-9,11-12,16,20H,10H2,1-2H3. The Morgan fingerprint density at radius 2 is 1.80 bits per heavy atom. The Bertz CT molecular complexity index is 554. The molecule has 0 aromatic heterocycles. The second-order valence-corrected chi connectivity index (χ2v) is 6.65. The lowest BCUT2D eigenvalue weighted by Crippen LogP contribution is -2.13. The fourth-order valence-corrected chi connectivity index (χ4v) is 2.76. The van der Waals surface area contributed by atoms with Crippen LogP contribution in [0, 0.1) is 5.92 Å². The Kier molecular flexibility index (Phi) is 5.50. The third kappa shape index (κ3) is 4.26. The van der Waals surface area contributed by atoms with Crippen LogP contribution in [-0.4, -0.2) is 0 Å². The minimum atomic E-state index is 0.283. The number of anilines is 1. The summed E-state index contributed by atoms with van der Waals surface area (Å²) < 4.78 is 1.03. The van der Waals surface area contributed by atoms with Crippen molar-refractivity contribution in [3.8, 4) is 0 Å². The molecule has 1 unspecified atom stereocenters. The van der Waals surface area contributed by atoms with Crippen molar-refractivity contribution in [2.45, 2.75) is 26.3 Å². The number of halogens is 2. The quantitative estimate of drug-likeness (QED) is 0.665. The van der Waals surface area contributed by atoms with Crippen molar-refractivity contribution in [3.05, 3.63) is 63.6 Å². The first kappa shape index (κ1) is 15.4. The van der Waals surface area contributed by atoms with Crippen molar-refractivity contribution in [3.63, 3.8) is 0 Å². The Hall–Kier alpha value is -0.990. The Morgan fingerprint density at radius 1 is 1.10 bits per heavy atom. The Balaban J connectivity index is 2.26. The van der Waals surface area contributed by atoms with Crippen LogP contribution >= 0.6 is 27.5 Å². The van der Waals surface area contributed by atoms with Gasteiger partial charge in [0, 0.05) is 9.50 Å². The Morgan fingerprint density at radius 3 is 2.45 bits per heavy atom. The molecule has 2 aromatic carbocycles. The third-order valence-electron chi connectivity index (χ3n) is 3.17. The molecule has 0 bridgehead atoms. The first-order chi connectivity index (χ1) is 9.56. The number of hydrogen-bond acceptors (Lipinski definition) is 1. The van der Waals surface area contributed by atoms with Gasteiger partial charge in [0.2, 0.25) is 0 Å². The van der Waals surface area contributed by atoms with Crippen LogP contribution < -0.4 is 5.32 Å². The van der Waals surface area contributed by atoms with Gasteiger partial charge in [0.15, 0.2) is 0 Å². The van der Waals surface area contributed by atoms with E-state index in [-0.39, 0.29) is 6.04 Å². The summed E-state index contributed by atoms with van der Waals surface area (Å²) >= 11 is 9.67. The van der Waals surface area contributed by atoms with Gasteiger partial charge in [-0.3, -0.25) is 0 Å². The summed E-state index contributed by atoms with van der Waals surface area (Å²) in [6.07, 6.45) is 1.07. The average Bonchev–Trinajstić information content (AvgIpc) is 2.42. The first-order valence-electron chi connectivity index (χ1n) is 6.83. The predicted octanol–water partition coefficient (Wildman–Crippen LogP) is 6.30. The van der Waals surface area contributed by atoms with E-state index in [0.29, 0.717) is 5.92 Å². The lowest BCUT2D eigenvalue weighted by atomic mass is 9.97. The van der Waals surface area contributed by atoms with Crippen LogP contribution in [-0.2, 0) is 0 Å². The van der Waals surface area contributed by atoms with Crippen LogP contribution in [0.4, 0.5) is 5.69 Å². The van der Waals surface area contributed by atoms with E-state index in [1.807, 2.05) is 24.3 Å². The van der Waals surface area contributed by atoms with Gasteiger partial charge in [0.1, 0.15) is 0 Å². The summed E-state index contributed by atoms with van der Waals surface area (Å²) in [6, 6.07) is 16.6. The van der Waals surface area contributed by atoms with Crippen LogP contribution in [0.3, 0.4) is 0 Å². The van der Waals surface area contributed by atoms with Crippen LogP contribution in [0.5, 0.6) is 0 Å². The molecule has 0 saturated carbocycles. The maximum Gasteiger partial charge on any atom is 0.0516 e. The highest BCUT2D eigenvalue weighted by atomic mass is 79.9. The molecule has 0 fully saturated rings. The SMILES string of the molecule is CC(C)CC(Nc1cc(Cl)ccc1Br)c1ccccc1. The zero-order valence-electron chi connectivity index (χ0n) is 11.7. The molecule has 1 N–H and O–H groups in total. The van der Waals surface area contributed by atoms with E-state index >= 15 is 0 Å². The molecule has 0 heterocycles. The van der Waals surface area contributed by atoms with E-state index < -0.39 is 0 Å². The molecule has 3 heteroatoms. The van der Waals surface area contributed by atoms with Gasteiger partial charge >= 0.3 is 0 Å². The molecule has 106 valence electrons. The number of benzene rings is 2. The zero-order chi connectivity index (χ0) is 14.5. The predicted molar refractivity (Wildman–Crippen MR) is 91.4 cm³/mol. The lowest BCUT2D eigenvalue weighted by molar-refractivity contribution is 0.531.